The fourth-order valence-corrected chi connectivity index (χ4v) is 2.14. The van der Waals surface area contributed by atoms with Crippen molar-refractivity contribution in [2.24, 2.45) is 0 Å². The summed E-state index contributed by atoms with van der Waals surface area (Å²) in [6.07, 6.45) is 0. The molecule has 3 nitrogen and oxygen atoms in total. The molecule has 0 bridgehead atoms. The van der Waals surface area contributed by atoms with Gasteiger partial charge in [-0.2, -0.15) is 0 Å². The number of methoxy groups -OCH3 is 3. The van der Waals surface area contributed by atoms with Crippen LogP contribution in [0.3, 0.4) is 0 Å². The van der Waals surface area contributed by atoms with Gasteiger partial charge in [-0.15, -0.1) is 0 Å². The minimum Gasteiger partial charge on any atom is -0.497 e. The van der Waals surface area contributed by atoms with Gasteiger partial charge in [0.25, 0.3) is 0 Å². The SMILES string of the molecule is COc1ccc(C)cc1C.COc1ccccc1.COc1ccccc1. The van der Waals surface area contributed by atoms with Gasteiger partial charge in [0.2, 0.25) is 0 Å². The number of hydrogen-bond acceptors (Lipinski definition) is 3. The van der Waals surface area contributed by atoms with Crippen molar-refractivity contribution in [3.8, 4) is 17.2 Å². The molecule has 0 saturated carbocycles. The molecule has 3 rings (SSSR count). The number of rotatable bonds is 3. The van der Waals surface area contributed by atoms with Crippen LogP contribution in [0.1, 0.15) is 11.1 Å². The second-order valence-electron chi connectivity index (χ2n) is 5.51. The second kappa shape index (κ2) is 12.4. The molecule has 3 aromatic carbocycles. The maximum Gasteiger partial charge on any atom is 0.121 e. The van der Waals surface area contributed by atoms with Gasteiger partial charge in [-0.25, -0.2) is 0 Å². The van der Waals surface area contributed by atoms with Crippen molar-refractivity contribution in [2.75, 3.05) is 21.3 Å². The van der Waals surface area contributed by atoms with Crippen LogP contribution in [0.25, 0.3) is 0 Å². The van der Waals surface area contributed by atoms with Gasteiger partial charge in [-0.1, -0.05) is 54.1 Å². The number of hydrogen-bond donors (Lipinski definition) is 0. The van der Waals surface area contributed by atoms with Crippen LogP contribution in [0, 0.1) is 13.8 Å². The Morgan fingerprint density at radius 1 is 0.538 bits per heavy atom. The Balaban J connectivity index is 0.000000197. The summed E-state index contributed by atoms with van der Waals surface area (Å²) < 4.78 is 14.9. The van der Waals surface area contributed by atoms with Gasteiger partial charge in [0.15, 0.2) is 0 Å². The molecular weight excluding hydrogens is 324 g/mol. The minimum atomic E-state index is 0.910. The zero-order valence-corrected chi connectivity index (χ0v) is 16.2. The van der Waals surface area contributed by atoms with Crippen molar-refractivity contribution >= 4 is 0 Å². The lowest BCUT2D eigenvalue weighted by Gasteiger charge is -2.03. The Kier molecular flexibility index (Phi) is 10.1. The van der Waals surface area contributed by atoms with Crippen LogP contribution >= 0.6 is 0 Å². The highest BCUT2D eigenvalue weighted by Crippen LogP contribution is 2.17. The maximum absolute atomic E-state index is 5.10. The lowest BCUT2D eigenvalue weighted by atomic mass is 10.1. The quantitative estimate of drug-likeness (QED) is 0.605. The van der Waals surface area contributed by atoms with Crippen molar-refractivity contribution in [1.29, 1.82) is 0 Å². The molecule has 0 aliphatic rings. The van der Waals surface area contributed by atoms with E-state index in [4.69, 9.17) is 14.2 Å². The zero-order chi connectivity index (χ0) is 19.2. The third-order valence-corrected chi connectivity index (χ3v) is 3.51. The van der Waals surface area contributed by atoms with Crippen LogP contribution in [0.15, 0.2) is 78.9 Å². The van der Waals surface area contributed by atoms with E-state index in [-0.39, 0.29) is 0 Å². The van der Waals surface area contributed by atoms with Gasteiger partial charge < -0.3 is 14.2 Å². The molecule has 0 atom stereocenters. The van der Waals surface area contributed by atoms with Crippen LogP contribution in [0.4, 0.5) is 0 Å². The molecular formula is C23H28O3. The van der Waals surface area contributed by atoms with Gasteiger partial charge in [0, 0.05) is 0 Å². The molecule has 0 aromatic heterocycles. The molecule has 0 aliphatic heterocycles. The highest BCUT2D eigenvalue weighted by atomic mass is 16.5. The number of benzene rings is 3. The predicted molar refractivity (Wildman–Crippen MR) is 108 cm³/mol. The largest absolute Gasteiger partial charge is 0.497 e. The Hall–Kier alpha value is -2.94. The van der Waals surface area contributed by atoms with E-state index in [0.29, 0.717) is 0 Å². The summed E-state index contributed by atoms with van der Waals surface area (Å²) in [6.45, 7) is 4.12. The van der Waals surface area contributed by atoms with E-state index in [2.05, 4.69) is 13.0 Å². The Morgan fingerprint density at radius 3 is 1.31 bits per heavy atom. The van der Waals surface area contributed by atoms with Gasteiger partial charge in [0.05, 0.1) is 21.3 Å². The molecule has 0 unspecified atom stereocenters. The normalized spacial score (nSPS) is 8.96. The zero-order valence-electron chi connectivity index (χ0n) is 16.2. The molecule has 0 spiro atoms. The third kappa shape index (κ3) is 8.25. The van der Waals surface area contributed by atoms with Crippen molar-refractivity contribution < 1.29 is 14.2 Å². The Bertz CT molecular complexity index is 685. The molecule has 0 heterocycles. The summed E-state index contributed by atoms with van der Waals surface area (Å²) in [4.78, 5) is 0. The number of aryl methyl sites for hydroxylation is 2. The Morgan fingerprint density at radius 2 is 1.00 bits per heavy atom. The molecule has 3 heteroatoms. The third-order valence-electron chi connectivity index (χ3n) is 3.51. The highest BCUT2D eigenvalue weighted by Gasteiger charge is 1.94. The maximum atomic E-state index is 5.10. The number of para-hydroxylation sites is 2. The van der Waals surface area contributed by atoms with Gasteiger partial charge in [0.1, 0.15) is 17.2 Å². The van der Waals surface area contributed by atoms with Crippen molar-refractivity contribution in [3.63, 3.8) is 0 Å². The minimum absolute atomic E-state index is 0.910. The topological polar surface area (TPSA) is 27.7 Å². The number of ether oxygens (including phenoxy) is 3. The summed E-state index contributed by atoms with van der Waals surface area (Å²) in [5.74, 6) is 2.78. The lowest BCUT2D eigenvalue weighted by molar-refractivity contribution is 0.411. The molecule has 0 N–H and O–H groups in total. The summed E-state index contributed by atoms with van der Waals surface area (Å²) >= 11 is 0. The van der Waals surface area contributed by atoms with Gasteiger partial charge in [-0.3, -0.25) is 0 Å². The van der Waals surface area contributed by atoms with Crippen molar-refractivity contribution in [3.05, 3.63) is 90.0 Å². The average molecular weight is 352 g/mol. The predicted octanol–water partition coefficient (Wildman–Crippen LogP) is 5.70. The van der Waals surface area contributed by atoms with E-state index < -0.39 is 0 Å². The van der Waals surface area contributed by atoms with Crippen LogP contribution in [0.2, 0.25) is 0 Å². The molecule has 0 saturated heterocycles. The van der Waals surface area contributed by atoms with Crippen LogP contribution < -0.4 is 14.2 Å². The summed E-state index contributed by atoms with van der Waals surface area (Å²) in [7, 11) is 5.02. The standard InChI is InChI=1S/C9H12O.2C7H8O/c1-7-4-5-9(10-3)8(2)6-7;2*1-8-7-5-3-2-4-6-7/h4-6H,1-3H3;2*2-6H,1H3. The molecule has 26 heavy (non-hydrogen) atoms. The van der Waals surface area contributed by atoms with Gasteiger partial charge in [-0.05, 0) is 49.7 Å². The first-order valence-corrected chi connectivity index (χ1v) is 8.40. The molecule has 3 aromatic rings. The fourth-order valence-electron chi connectivity index (χ4n) is 2.14. The van der Waals surface area contributed by atoms with E-state index in [0.717, 1.165) is 17.2 Å². The Labute approximate surface area is 157 Å². The molecule has 0 fully saturated rings. The average Bonchev–Trinajstić information content (AvgIpc) is 2.70. The smallest absolute Gasteiger partial charge is 0.121 e. The van der Waals surface area contributed by atoms with Crippen LogP contribution in [-0.2, 0) is 0 Å². The van der Waals surface area contributed by atoms with Crippen molar-refractivity contribution in [1.82, 2.24) is 0 Å². The van der Waals surface area contributed by atoms with E-state index in [1.165, 1.54) is 11.1 Å². The molecule has 0 amide bonds. The first-order chi connectivity index (χ1) is 12.6. The highest BCUT2D eigenvalue weighted by molar-refractivity contribution is 5.35. The van der Waals surface area contributed by atoms with E-state index in [9.17, 15) is 0 Å². The summed E-state index contributed by atoms with van der Waals surface area (Å²) in [5, 5.41) is 0. The molecule has 0 aliphatic carbocycles. The van der Waals surface area contributed by atoms with Crippen LogP contribution in [-0.4, -0.2) is 21.3 Å². The van der Waals surface area contributed by atoms with E-state index in [1.807, 2.05) is 79.7 Å². The first kappa shape index (κ1) is 21.1. The summed E-state index contributed by atoms with van der Waals surface area (Å²) in [5.41, 5.74) is 2.47. The van der Waals surface area contributed by atoms with Crippen LogP contribution in [0.5, 0.6) is 17.2 Å². The lowest BCUT2D eigenvalue weighted by Crippen LogP contribution is -1.86. The van der Waals surface area contributed by atoms with Crippen molar-refractivity contribution in [2.45, 2.75) is 13.8 Å². The fraction of sp³-hybridized carbons (Fsp3) is 0.217. The second-order valence-corrected chi connectivity index (χ2v) is 5.51. The van der Waals surface area contributed by atoms with Gasteiger partial charge >= 0.3 is 0 Å². The van der Waals surface area contributed by atoms with E-state index in [1.54, 1.807) is 21.3 Å². The first-order valence-electron chi connectivity index (χ1n) is 8.40. The monoisotopic (exact) mass is 352 g/mol. The molecule has 138 valence electrons. The molecule has 0 radical (unpaired) electrons. The van der Waals surface area contributed by atoms with E-state index >= 15 is 0 Å². The summed E-state index contributed by atoms with van der Waals surface area (Å²) in [6, 6.07) is 25.5.